The number of hydrogen-bond acceptors (Lipinski definition) is 4. The van der Waals surface area contributed by atoms with Gasteiger partial charge in [-0.15, -0.1) is 0 Å². The number of carbonyl (C=O) groups excluding carboxylic acids is 2. The summed E-state index contributed by atoms with van der Waals surface area (Å²) in [4.78, 5) is 24.8. The smallest absolute Gasteiger partial charge is 0.257 e. The maximum atomic E-state index is 12.5. The zero-order chi connectivity index (χ0) is 24.2. The molecule has 0 fully saturated rings. The number of thiocarbonyl (C=S) groups is 1. The molecule has 3 rings (SSSR count). The van der Waals surface area contributed by atoms with Crippen molar-refractivity contribution in [3.8, 4) is 5.75 Å². The molecule has 0 unspecified atom stereocenters. The monoisotopic (exact) mass is 475 g/mol. The molecule has 3 aromatic rings. The molecule has 0 atom stereocenters. The first-order valence-electron chi connectivity index (χ1n) is 11.3. The Balaban J connectivity index is 1.47. The third kappa shape index (κ3) is 8.33. The Labute approximate surface area is 205 Å². The van der Waals surface area contributed by atoms with E-state index in [-0.39, 0.29) is 16.9 Å². The summed E-state index contributed by atoms with van der Waals surface area (Å²) in [6.45, 7) is 2.76. The highest BCUT2D eigenvalue weighted by Crippen LogP contribution is 2.16. The van der Waals surface area contributed by atoms with E-state index in [0.29, 0.717) is 36.4 Å². The predicted molar refractivity (Wildman–Crippen MR) is 140 cm³/mol. The minimum Gasteiger partial charge on any atom is -0.494 e. The Morgan fingerprint density at radius 3 is 2.29 bits per heavy atom. The minimum absolute atomic E-state index is 0.0704. The molecule has 0 aromatic heterocycles. The van der Waals surface area contributed by atoms with Gasteiger partial charge in [0.15, 0.2) is 5.11 Å². The second kappa shape index (κ2) is 13.1. The van der Waals surface area contributed by atoms with Crippen molar-refractivity contribution in [2.75, 3.05) is 17.2 Å². The van der Waals surface area contributed by atoms with Crippen LogP contribution in [0.5, 0.6) is 5.75 Å². The number of rotatable bonds is 10. The molecule has 2 amide bonds. The summed E-state index contributed by atoms with van der Waals surface area (Å²) >= 11 is 5.28. The predicted octanol–water partition coefficient (Wildman–Crippen LogP) is 5.56. The Kier molecular flexibility index (Phi) is 9.61. The molecule has 3 N–H and O–H groups in total. The van der Waals surface area contributed by atoms with Crippen LogP contribution in [0.3, 0.4) is 0 Å². The molecule has 0 aliphatic carbocycles. The van der Waals surface area contributed by atoms with E-state index in [0.717, 1.165) is 24.2 Å². The Bertz CT molecular complexity index is 1100. The molecule has 34 heavy (non-hydrogen) atoms. The molecular weight excluding hydrogens is 446 g/mol. The number of carbonyl (C=O) groups is 2. The zero-order valence-electron chi connectivity index (χ0n) is 19.2. The molecule has 0 radical (unpaired) electrons. The van der Waals surface area contributed by atoms with Crippen molar-refractivity contribution in [1.29, 1.82) is 0 Å². The molecular formula is C27H29N3O3S. The molecule has 0 bridgehead atoms. The van der Waals surface area contributed by atoms with Crippen LogP contribution < -0.4 is 20.7 Å². The van der Waals surface area contributed by atoms with E-state index in [1.807, 2.05) is 30.3 Å². The Hall–Kier alpha value is -3.71. The fraction of sp³-hybridized carbons (Fsp3) is 0.222. The maximum Gasteiger partial charge on any atom is 0.257 e. The number of nitrogens with one attached hydrogen (secondary N) is 3. The lowest BCUT2D eigenvalue weighted by Crippen LogP contribution is -2.34. The number of ether oxygens (including phenoxy) is 1. The summed E-state index contributed by atoms with van der Waals surface area (Å²) in [5, 5.41) is 8.71. The van der Waals surface area contributed by atoms with Gasteiger partial charge < -0.3 is 15.4 Å². The Morgan fingerprint density at radius 1 is 0.882 bits per heavy atom. The standard InChI is InChI=1S/C27H29N3O3S/c1-2-3-18-33-24-15-13-21(14-16-24)26(32)30-27(34)29-23-11-7-10-22(19-23)28-25(31)17-12-20-8-5-4-6-9-20/h4-11,13-16,19H,2-3,12,17-18H2,1H3,(H,28,31)(H2,29,30,32,34). The van der Waals surface area contributed by atoms with Crippen molar-refractivity contribution in [3.63, 3.8) is 0 Å². The van der Waals surface area contributed by atoms with Crippen LogP contribution in [-0.4, -0.2) is 23.5 Å². The number of anilines is 2. The third-order valence-corrected chi connectivity index (χ3v) is 5.20. The van der Waals surface area contributed by atoms with Crippen LogP contribution in [0.2, 0.25) is 0 Å². The van der Waals surface area contributed by atoms with Gasteiger partial charge in [-0.05, 0) is 73.1 Å². The lowest BCUT2D eigenvalue weighted by molar-refractivity contribution is -0.116. The minimum atomic E-state index is -0.317. The van der Waals surface area contributed by atoms with Gasteiger partial charge >= 0.3 is 0 Å². The average Bonchev–Trinajstić information content (AvgIpc) is 2.84. The van der Waals surface area contributed by atoms with Crippen molar-refractivity contribution in [2.24, 2.45) is 0 Å². The summed E-state index contributed by atoms with van der Waals surface area (Å²) in [5.74, 6) is 0.343. The summed E-state index contributed by atoms with van der Waals surface area (Å²) in [7, 11) is 0. The number of hydrogen-bond donors (Lipinski definition) is 3. The number of unbranched alkanes of at least 4 members (excludes halogenated alkanes) is 1. The number of aryl methyl sites for hydroxylation is 1. The highest BCUT2D eigenvalue weighted by Gasteiger charge is 2.09. The molecule has 176 valence electrons. The largest absolute Gasteiger partial charge is 0.494 e. The van der Waals surface area contributed by atoms with E-state index in [4.69, 9.17) is 17.0 Å². The summed E-state index contributed by atoms with van der Waals surface area (Å²) in [6, 6.07) is 24.0. The fourth-order valence-electron chi connectivity index (χ4n) is 3.18. The highest BCUT2D eigenvalue weighted by molar-refractivity contribution is 7.80. The summed E-state index contributed by atoms with van der Waals surface area (Å²) in [5.41, 5.74) is 2.90. The van der Waals surface area contributed by atoms with Gasteiger partial charge in [0, 0.05) is 23.4 Å². The third-order valence-electron chi connectivity index (χ3n) is 5.00. The average molecular weight is 476 g/mol. The maximum absolute atomic E-state index is 12.5. The van der Waals surface area contributed by atoms with E-state index in [9.17, 15) is 9.59 Å². The first kappa shape index (κ1) is 24.9. The van der Waals surface area contributed by atoms with Gasteiger partial charge in [0.25, 0.3) is 5.91 Å². The molecule has 7 heteroatoms. The van der Waals surface area contributed by atoms with E-state index < -0.39 is 0 Å². The molecule has 6 nitrogen and oxygen atoms in total. The van der Waals surface area contributed by atoms with Gasteiger partial charge in [0.2, 0.25) is 5.91 Å². The van der Waals surface area contributed by atoms with Crippen LogP contribution in [0.4, 0.5) is 11.4 Å². The highest BCUT2D eigenvalue weighted by atomic mass is 32.1. The summed E-state index contributed by atoms with van der Waals surface area (Å²) < 4.78 is 5.62. The Morgan fingerprint density at radius 2 is 1.59 bits per heavy atom. The molecule has 0 saturated carbocycles. The number of benzene rings is 3. The van der Waals surface area contributed by atoms with Crippen molar-refractivity contribution >= 4 is 40.5 Å². The van der Waals surface area contributed by atoms with Crippen molar-refractivity contribution in [1.82, 2.24) is 5.32 Å². The number of amides is 2. The van der Waals surface area contributed by atoms with Gasteiger partial charge in [-0.3, -0.25) is 14.9 Å². The molecule has 0 saturated heterocycles. The topological polar surface area (TPSA) is 79.5 Å². The molecule has 0 heterocycles. The zero-order valence-corrected chi connectivity index (χ0v) is 20.0. The van der Waals surface area contributed by atoms with Crippen molar-refractivity contribution in [2.45, 2.75) is 32.6 Å². The van der Waals surface area contributed by atoms with Crippen molar-refractivity contribution < 1.29 is 14.3 Å². The van der Waals surface area contributed by atoms with Crippen LogP contribution in [0.25, 0.3) is 0 Å². The van der Waals surface area contributed by atoms with E-state index in [1.54, 1.807) is 48.5 Å². The van der Waals surface area contributed by atoms with Gasteiger partial charge in [-0.25, -0.2) is 0 Å². The van der Waals surface area contributed by atoms with E-state index in [2.05, 4.69) is 22.9 Å². The van der Waals surface area contributed by atoms with Crippen molar-refractivity contribution in [3.05, 3.63) is 90.0 Å². The van der Waals surface area contributed by atoms with Crippen LogP contribution >= 0.6 is 12.2 Å². The van der Waals surface area contributed by atoms with Crippen LogP contribution in [-0.2, 0) is 11.2 Å². The lowest BCUT2D eigenvalue weighted by atomic mass is 10.1. The fourth-order valence-corrected chi connectivity index (χ4v) is 3.39. The SMILES string of the molecule is CCCCOc1ccc(C(=O)NC(=S)Nc2cccc(NC(=O)CCc3ccccc3)c2)cc1. The van der Waals surface area contributed by atoms with E-state index >= 15 is 0 Å². The first-order chi connectivity index (χ1) is 16.5. The second-order valence-electron chi connectivity index (χ2n) is 7.75. The van der Waals surface area contributed by atoms with Gasteiger partial charge in [0.1, 0.15) is 5.75 Å². The molecule has 0 aliphatic heterocycles. The van der Waals surface area contributed by atoms with Crippen LogP contribution in [0, 0.1) is 0 Å². The van der Waals surface area contributed by atoms with Crippen LogP contribution in [0.1, 0.15) is 42.1 Å². The second-order valence-corrected chi connectivity index (χ2v) is 8.16. The van der Waals surface area contributed by atoms with Gasteiger partial charge in [0.05, 0.1) is 6.61 Å². The molecule has 0 aliphatic rings. The normalized spacial score (nSPS) is 10.3. The lowest BCUT2D eigenvalue weighted by Gasteiger charge is -2.12. The quantitative estimate of drug-likeness (QED) is 0.264. The summed E-state index contributed by atoms with van der Waals surface area (Å²) in [6.07, 6.45) is 3.11. The van der Waals surface area contributed by atoms with Crippen LogP contribution in [0.15, 0.2) is 78.9 Å². The van der Waals surface area contributed by atoms with Gasteiger partial charge in [-0.2, -0.15) is 0 Å². The van der Waals surface area contributed by atoms with Gasteiger partial charge in [-0.1, -0.05) is 49.7 Å². The molecule has 3 aromatic carbocycles. The first-order valence-corrected chi connectivity index (χ1v) is 11.7. The molecule has 0 spiro atoms. The van der Waals surface area contributed by atoms with E-state index in [1.165, 1.54) is 0 Å².